The Labute approximate surface area is 190 Å². The first-order chi connectivity index (χ1) is 14.8. The maximum atomic E-state index is 12.1. The average Bonchev–Trinajstić information content (AvgIpc) is 2.77. The first kappa shape index (κ1) is 22.1. The molecule has 3 rings (SSSR count). The summed E-state index contributed by atoms with van der Waals surface area (Å²) in [5, 5.41) is 14.9. The summed E-state index contributed by atoms with van der Waals surface area (Å²) in [4.78, 5) is 34.2. The largest absolute Gasteiger partial charge is 0.483 e. The summed E-state index contributed by atoms with van der Waals surface area (Å²) in [6, 6.07) is 16.4. The molecule has 3 N–H and O–H groups in total. The third kappa shape index (κ3) is 5.74. The monoisotopic (exact) mass is 502 g/mol. The lowest BCUT2D eigenvalue weighted by Crippen LogP contribution is -2.49. The molecule has 0 bridgehead atoms. The number of carbonyl (C=O) groups excluding carboxylic acids is 2. The van der Waals surface area contributed by atoms with E-state index in [9.17, 15) is 19.7 Å². The lowest BCUT2D eigenvalue weighted by molar-refractivity contribution is -0.384. The molecule has 3 aromatic carbocycles. The van der Waals surface area contributed by atoms with Crippen molar-refractivity contribution in [2.75, 3.05) is 6.61 Å². The minimum absolute atomic E-state index is 0.134. The summed E-state index contributed by atoms with van der Waals surface area (Å²) in [5.74, 6) is -0.607. The van der Waals surface area contributed by atoms with Gasteiger partial charge in [-0.05, 0) is 57.1 Å². The van der Waals surface area contributed by atoms with Gasteiger partial charge in [0.15, 0.2) is 11.7 Å². The second-order valence-corrected chi connectivity index (χ2v) is 7.35. The fraction of sp³-hybridized carbons (Fsp3) is 0.0500. The number of fused-ring (bicyclic) bond motifs is 1. The van der Waals surface area contributed by atoms with Crippen molar-refractivity contribution >= 4 is 61.5 Å². The topological polar surface area (TPSA) is 123 Å². The molecule has 0 atom stereocenters. The molecule has 0 unspecified atom stereocenters. The van der Waals surface area contributed by atoms with Crippen LogP contribution in [0.1, 0.15) is 10.4 Å². The van der Waals surface area contributed by atoms with E-state index < -0.39 is 16.7 Å². The SMILES string of the molecule is O=C(COc1ccc2ccccc2c1Br)NC(=S)NNC(=O)c1ccc([N+](=O)[O-])cc1. The smallest absolute Gasteiger partial charge is 0.269 e. The van der Waals surface area contributed by atoms with Crippen LogP contribution in [0.3, 0.4) is 0 Å². The predicted molar refractivity (Wildman–Crippen MR) is 122 cm³/mol. The number of carbonyl (C=O) groups is 2. The minimum Gasteiger partial charge on any atom is -0.483 e. The highest BCUT2D eigenvalue weighted by molar-refractivity contribution is 9.10. The molecule has 0 aromatic heterocycles. The Morgan fingerprint density at radius 1 is 1.03 bits per heavy atom. The van der Waals surface area contributed by atoms with Gasteiger partial charge in [-0.25, -0.2) is 0 Å². The number of nitro groups is 1. The van der Waals surface area contributed by atoms with E-state index in [1.54, 1.807) is 6.07 Å². The molecule has 9 nitrogen and oxygen atoms in total. The molecule has 3 aromatic rings. The molecule has 158 valence electrons. The number of nitrogens with one attached hydrogen (secondary N) is 3. The molecule has 0 saturated heterocycles. The van der Waals surface area contributed by atoms with E-state index in [1.807, 2.05) is 30.3 Å². The zero-order valence-corrected chi connectivity index (χ0v) is 18.2. The molecule has 0 aliphatic heterocycles. The zero-order valence-electron chi connectivity index (χ0n) is 15.8. The number of non-ortho nitro benzene ring substituents is 1. The van der Waals surface area contributed by atoms with Gasteiger partial charge in [-0.2, -0.15) is 0 Å². The van der Waals surface area contributed by atoms with Crippen molar-refractivity contribution in [2.45, 2.75) is 0 Å². The summed E-state index contributed by atoms with van der Waals surface area (Å²) in [6.45, 7) is -0.297. The zero-order chi connectivity index (χ0) is 22.4. The lowest BCUT2D eigenvalue weighted by atomic mass is 10.1. The van der Waals surface area contributed by atoms with Gasteiger partial charge < -0.3 is 4.74 Å². The molecule has 0 heterocycles. The molecule has 0 spiro atoms. The Morgan fingerprint density at radius 2 is 1.74 bits per heavy atom. The number of thiocarbonyl (C=S) groups is 1. The van der Waals surface area contributed by atoms with Crippen LogP contribution >= 0.6 is 28.1 Å². The van der Waals surface area contributed by atoms with Gasteiger partial charge in [0.25, 0.3) is 17.5 Å². The van der Waals surface area contributed by atoms with E-state index in [4.69, 9.17) is 17.0 Å². The van der Waals surface area contributed by atoms with Crippen molar-refractivity contribution in [1.29, 1.82) is 0 Å². The molecular weight excluding hydrogens is 488 g/mol. The molecule has 0 aliphatic rings. The number of benzene rings is 3. The minimum atomic E-state index is -0.581. The standard InChI is InChI=1S/C20H15BrN4O5S/c21-18-15-4-2-1-3-12(15)7-10-16(18)30-11-17(26)22-20(31)24-23-19(27)13-5-8-14(9-6-13)25(28)29/h1-10H,11H2,(H,23,27)(H2,22,24,26,31). The number of nitro benzene ring substituents is 1. The Morgan fingerprint density at radius 3 is 2.45 bits per heavy atom. The highest BCUT2D eigenvalue weighted by Gasteiger charge is 2.12. The summed E-state index contributed by atoms with van der Waals surface area (Å²) in [7, 11) is 0. The van der Waals surface area contributed by atoms with Crippen LogP contribution in [-0.4, -0.2) is 28.5 Å². The second kappa shape index (κ2) is 9.96. The van der Waals surface area contributed by atoms with Crippen molar-refractivity contribution in [3.8, 4) is 5.75 Å². The summed E-state index contributed by atoms with van der Waals surface area (Å²) >= 11 is 8.44. The third-order valence-electron chi connectivity index (χ3n) is 4.07. The van der Waals surface area contributed by atoms with Crippen LogP contribution in [-0.2, 0) is 4.79 Å². The molecule has 0 saturated carbocycles. The summed E-state index contributed by atoms with van der Waals surface area (Å²) < 4.78 is 6.28. The van der Waals surface area contributed by atoms with Gasteiger partial charge in [0.1, 0.15) is 5.75 Å². The number of amides is 2. The van der Waals surface area contributed by atoms with Crippen LogP contribution in [0, 0.1) is 10.1 Å². The lowest BCUT2D eigenvalue weighted by Gasteiger charge is -2.12. The first-order valence-electron chi connectivity index (χ1n) is 8.80. The van der Waals surface area contributed by atoms with Crippen LogP contribution in [0.25, 0.3) is 10.8 Å². The van der Waals surface area contributed by atoms with Crippen LogP contribution < -0.4 is 20.9 Å². The Balaban J connectivity index is 1.47. The number of halogens is 1. The Kier molecular flexibility index (Phi) is 7.11. The van der Waals surface area contributed by atoms with Gasteiger partial charge in [-0.3, -0.25) is 35.9 Å². The van der Waals surface area contributed by atoms with E-state index in [1.165, 1.54) is 24.3 Å². The number of rotatable bonds is 5. The van der Waals surface area contributed by atoms with Gasteiger partial charge in [0.2, 0.25) is 0 Å². The number of nitrogens with zero attached hydrogens (tertiary/aromatic N) is 1. The number of ether oxygens (including phenoxy) is 1. The summed E-state index contributed by atoms with van der Waals surface area (Å²) in [5.41, 5.74) is 4.72. The van der Waals surface area contributed by atoms with Gasteiger partial charge in [-0.15, -0.1) is 0 Å². The third-order valence-corrected chi connectivity index (χ3v) is 5.09. The van der Waals surface area contributed by atoms with Gasteiger partial charge in [-0.1, -0.05) is 30.3 Å². The van der Waals surface area contributed by atoms with E-state index in [2.05, 4.69) is 32.1 Å². The van der Waals surface area contributed by atoms with Crippen LogP contribution in [0.2, 0.25) is 0 Å². The highest BCUT2D eigenvalue weighted by Crippen LogP contribution is 2.32. The fourth-order valence-corrected chi connectivity index (χ4v) is 3.36. The Bertz CT molecular complexity index is 1170. The fourth-order valence-electron chi connectivity index (χ4n) is 2.58. The van der Waals surface area contributed by atoms with E-state index in [0.717, 1.165) is 15.2 Å². The quantitative estimate of drug-likeness (QED) is 0.278. The highest BCUT2D eigenvalue weighted by atomic mass is 79.9. The van der Waals surface area contributed by atoms with E-state index in [0.29, 0.717) is 5.75 Å². The predicted octanol–water partition coefficient (Wildman–Crippen LogP) is 3.23. The second-order valence-electron chi connectivity index (χ2n) is 6.15. The molecule has 0 fully saturated rings. The molecule has 31 heavy (non-hydrogen) atoms. The van der Waals surface area contributed by atoms with Gasteiger partial charge in [0, 0.05) is 17.7 Å². The maximum Gasteiger partial charge on any atom is 0.269 e. The van der Waals surface area contributed by atoms with Crippen molar-refractivity contribution < 1.29 is 19.2 Å². The number of hydrogen-bond acceptors (Lipinski definition) is 6. The first-order valence-corrected chi connectivity index (χ1v) is 10.00. The molecule has 0 radical (unpaired) electrons. The van der Waals surface area contributed by atoms with Crippen molar-refractivity contribution in [3.05, 3.63) is 80.8 Å². The van der Waals surface area contributed by atoms with Crippen LogP contribution in [0.15, 0.2) is 65.1 Å². The van der Waals surface area contributed by atoms with Crippen molar-refractivity contribution in [1.82, 2.24) is 16.2 Å². The molecule has 0 aliphatic carbocycles. The maximum absolute atomic E-state index is 12.1. The number of hydrogen-bond donors (Lipinski definition) is 3. The van der Waals surface area contributed by atoms with Gasteiger partial charge >= 0.3 is 0 Å². The van der Waals surface area contributed by atoms with Crippen molar-refractivity contribution in [3.63, 3.8) is 0 Å². The van der Waals surface area contributed by atoms with Gasteiger partial charge in [0.05, 0.1) is 9.40 Å². The van der Waals surface area contributed by atoms with E-state index >= 15 is 0 Å². The van der Waals surface area contributed by atoms with Crippen LogP contribution in [0.4, 0.5) is 5.69 Å². The van der Waals surface area contributed by atoms with Crippen molar-refractivity contribution in [2.24, 2.45) is 0 Å². The summed E-state index contributed by atoms with van der Waals surface area (Å²) in [6.07, 6.45) is 0. The van der Waals surface area contributed by atoms with Crippen LogP contribution in [0.5, 0.6) is 5.75 Å². The van der Waals surface area contributed by atoms with E-state index in [-0.39, 0.29) is 23.0 Å². The normalized spacial score (nSPS) is 10.2. The Hall–Kier alpha value is -3.57. The molecular formula is C20H15BrN4O5S. The number of hydrazine groups is 1. The average molecular weight is 503 g/mol. The molecule has 11 heteroatoms. The molecule has 2 amide bonds.